The Bertz CT molecular complexity index is 724. The summed E-state index contributed by atoms with van der Waals surface area (Å²) < 4.78 is 12.2. The fraction of sp³-hybridized carbons (Fsp3) is 0.500. The SMILES string of the molecule is CCOC1CC[C@H](COCC2CCc3ccccc3C2)c2ccccc21. The van der Waals surface area contributed by atoms with Gasteiger partial charge < -0.3 is 9.47 Å². The van der Waals surface area contributed by atoms with Crippen LogP contribution in [0.4, 0.5) is 0 Å². The van der Waals surface area contributed by atoms with E-state index in [1.165, 1.54) is 41.5 Å². The van der Waals surface area contributed by atoms with Gasteiger partial charge in [-0.3, -0.25) is 0 Å². The third-order valence-electron chi connectivity index (χ3n) is 6.05. The predicted molar refractivity (Wildman–Crippen MR) is 106 cm³/mol. The van der Waals surface area contributed by atoms with E-state index < -0.39 is 0 Å². The summed E-state index contributed by atoms with van der Waals surface area (Å²) in [6.45, 7) is 4.60. The Kier molecular flexibility index (Phi) is 5.72. The first kappa shape index (κ1) is 17.8. The van der Waals surface area contributed by atoms with E-state index in [9.17, 15) is 0 Å². The Balaban J connectivity index is 1.33. The van der Waals surface area contributed by atoms with Gasteiger partial charge in [0.05, 0.1) is 12.7 Å². The number of benzene rings is 2. The molecule has 2 unspecified atom stereocenters. The normalized spacial score (nSPS) is 24.7. The molecule has 0 bridgehead atoms. The van der Waals surface area contributed by atoms with Gasteiger partial charge in [-0.15, -0.1) is 0 Å². The molecule has 2 aliphatic carbocycles. The highest BCUT2D eigenvalue weighted by Gasteiger charge is 2.27. The van der Waals surface area contributed by atoms with Crippen LogP contribution in [0, 0.1) is 5.92 Å². The van der Waals surface area contributed by atoms with Gasteiger partial charge in [0.15, 0.2) is 0 Å². The standard InChI is InChI=1S/C24H30O2/c1-2-26-24-14-13-21(22-9-5-6-10-23(22)24)17-25-16-18-11-12-19-7-3-4-8-20(19)15-18/h3-10,18,21,24H,2,11-17H2,1H3/t18?,21-,24?/m1/s1. The summed E-state index contributed by atoms with van der Waals surface area (Å²) in [4.78, 5) is 0. The van der Waals surface area contributed by atoms with Crippen LogP contribution in [0.1, 0.15) is 60.5 Å². The molecule has 26 heavy (non-hydrogen) atoms. The Morgan fingerprint density at radius 3 is 2.46 bits per heavy atom. The Morgan fingerprint density at radius 1 is 0.846 bits per heavy atom. The Hall–Kier alpha value is -1.64. The Morgan fingerprint density at radius 2 is 1.62 bits per heavy atom. The monoisotopic (exact) mass is 350 g/mol. The molecule has 0 radical (unpaired) electrons. The second-order valence-corrected chi connectivity index (χ2v) is 7.76. The van der Waals surface area contributed by atoms with Gasteiger partial charge in [-0.1, -0.05) is 48.5 Å². The zero-order valence-electron chi connectivity index (χ0n) is 15.8. The van der Waals surface area contributed by atoms with Crippen molar-refractivity contribution >= 4 is 0 Å². The number of rotatable bonds is 6. The van der Waals surface area contributed by atoms with Gasteiger partial charge in [0.2, 0.25) is 0 Å². The van der Waals surface area contributed by atoms with Crippen molar-refractivity contribution in [2.75, 3.05) is 19.8 Å². The molecule has 0 aliphatic heterocycles. The Labute approximate surface area is 157 Å². The third-order valence-corrected chi connectivity index (χ3v) is 6.05. The maximum absolute atomic E-state index is 6.24. The zero-order chi connectivity index (χ0) is 17.8. The van der Waals surface area contributed by atoms with Crippen LogP contribution >= 0.6 is 0 Å². The van der Waals surface area contributed by atoms with Gasteiger partial charge in [-0.05, 0) is 67.2 Å². The summed E-state index contributed by atoms with van der Waals surface area (Å²) >= 11 is 0. The van der Waals surface area contributed by atoms with Crippen molar-refractivity contribution in [1.82, 2.24) is 0 Å². The molecule has 0 spiro atoms. The lowest BCUT2D eigenvalue weighted by Crippen LogP contribution is -2.23. The van der Waals surface area contributed by atoms with E-state index in [-0.39, 0.29) is 6.10 Å². The molecule has 3 atom stereocenters. The van der Waals surface area contributed by atoms with Gasteiger partial charge in [0.25, 0.3) is 0 Å². The predicted octanol–water partition coefficient (Wildman–Crippen LogP) is 5.46. The first-order chi connectivity index (χ1) is 12.8. The first-order valence-electron chi connectivity index (χ1n) is 10.2. The zero-order valence-corrected chi connectivity index (χ0v) is 15.8. The highest BCUT2D eigenvalue weighted by molar-refractivity contribution is 5.34. The summed E-state index contributed by atoms with van der Waals surface area (Å²) in [5, 5.41) is 0. The van der Waals surface area contributed by atoms with E-state index in [2.05, 4.69) is 55.5 Å². The summed E-state index contributed by atoms with van der Waals surface area (Å²) in [5.41, 5.74) is 5.87. The summed E-state index contributed by atoms with van der Waals surface area (Å²) in [7, 11) is 0. The third kappa shape index (κ3) is 3.87. The quantitative estimate of drug-likeness (QED) is 0.688. The second kappa shape index (κ2) is 8.37. The van der Waals surface area contributed by atoms with Crippen LogP contribution in [0.15, 0.2) is 48.5 Å². The van der Waals surface area contributed by atoms with E-state index in [0.29, 0.717) is 11.8 Å². The summed E-state index contributed by atoms with van der Waals surface area (Å²) in [6, 6.07) is 17.7. The summed E-state index contributed by atoms with van der Waals surface area (Å²) in [6.07, 6.45) is 6.16. The van der Waals surface area contributed by atoms with Gasteiger partial charge in [0, 0.05) is 19.1 Å². The highest BCUT2D eigenvalue weighted by atomic mass is 16.5. The van der Waals surface area contributed by atoms with Crippen LogP contribution in [0.2, 0.25) is 0 Å². The number of aryl methyl sites for hydroxylation is 1. The minimum atomic E-state index is 0.266. The minimum absolute atomic E-state index is 0.266. The topological polar surface area (TPSA) is 18.5 Å². The molecule has 2 aromatic rings. The fourth-order valence-electron chi connectivity index (χ4n) is 4.68. The maximum atomic E-state index is 6.24. The molecule has 0 fully saturated rings. The van der Waals surface area contributed by atoms with Crippen molar-refractivity contribution < 1.29 is 9.47 Å². The number of ether oxygens (including phenoxy) is 2. The first-order valence-corrected chi connectivity index (χ1v) is 10.2. The van der Waals surface area contributed by atoms with Gasteiger partial charge in [-0.25, -0.2) is 0 Å². The van der Waals surface area contributed by atoms with E-state index >= 15 is 0 Å². The second-order valence-electron chi connectivity index (χ2n) is 7.76. The molecule has 0 N–H and O–H groups in total. The molecule has 138 valence electrons. The van der Waals surface area contributed by atoms with Crippen LogP contribution in [0.3, 0.4) is 0 Å². The van der Waals surface area contributed by atoms with Crippen molar-refractivity contribution in [2.24, 2.45) is 5.92 Å². The van der Waals surface area contributed by atoms with Crippen LogP contribution in [0.5, 0.6) is 0 Å². The van der Waals surface area contributed by atoms with E-state index in [4.69, 9.17) is 9.47 Å². The van der Waals surface area contributed by atoms with Gasteiger partial charge in [-0.2, -0.15) is 0 Å². The average Bonchev–Trinajstić information content (AvgIpc) is 2.69. The minimum Gasteiger partial charge on any atom is -0.381 e. The van der Waals surface area contributed by atoms with Crippen molar-refractivity contribution in [1.29, 1.82) is 0 Å². The molecule has 2 aromatic carbocycles. The lowest BCUT2D eigenvalue weighted by atomic mass is 9.81. The van der Waals surface area contributed by atoms with Crippen LogP contribution in [0.25, 0.3) is 0 Å². The van der Waals surface area contributed by atoms with Crippen LogP contribution in [-0.2, 0) is 22.3 Å². The largest absolute Gasteiger partial charge is 0.381 e. The van der Waals surface area contributed by atoms with Gasteiger partial charge >= 0.3 is 0 Å². The molecular formula is C24H30O2. The molecule has 0 aromatic heterocycles. The van der Waals surface area contributed by atoms with Crippen molar-refractivity contribution in [3.63, 3.8) is 0 Å². The van der Waals surface area contributed by atoms with E-state index in [0.717, 1.165) is 32.7 Å². The van der Waals surface area contributed by atoms with Gasteiger partial charge in [0.1, 0.15) is 0 Å². The number of fused-ring (bicyclic) bond motifs is 2. The molecule has 2 heteroatoms. The number of hydrogen-bond acceptors (Lipinski definition) is 2. The highest BCUT2D eigenvalue weighted by Crippen LogP contribution is 2.39. The lowest BCUT2D eigenvalue weighted by Gasteiger charge is -2.32. The molecule has 2 aliphatic rings. The molecule has 2 nitrogen and oxygen atoms in total. The molecular weight excluding hydrogens is 320 g/mol. The van der Waals surface area contributed by atoms with Crippen molar-refractivity contribution in [3.8, 4) is 0 Å². The van der Waals surface area contributed by atoms with Crippen LogP contribution < -0.4 is 0 Å². The lowest BCUT2D eigenvalue weighted by molar-refractivity contribution is 0.0347. The molecule has 0 saturated carbocycles. The maximum Gasteiger partial charge on any atom is 0.0827 e. The molecule has 4 rings (SSSR count). The number of hydrogen-bond donors (Lipinski definition) is 0. The van der Waals surface area contributed by atoms with Crippen LogP contribution in [-0.4, -0.2) is 19.8 Å². The molecule has 0 saturated heterocycles. The smallest absolute Gasteiger partial charge is 0.0827 e. The molecule has 0 heterocycles. The van der Waals surface area contributed by atoms with Crippen molar-refractivity contribution in [2.45, 2.75) is 51.0 Å². The summed E-state index contributed by atoms with van der Waals surface area (Å²) in [5.74, 6) is 1.18. The fourth-order valence-corrected chi connectivity index (χ4v) is 4.68. The molecule has 0 amide bonds. The average molecular weight is 351 g/mol. The van der Waals surface area contributed by atoms with E-state index in [1.807, 2.05) is 0 Å². The van der Waals surface area contributed by atoms with E-state index in [1.54, 1.807) is 0 Å². The van der Waals surface area contributed by atoms with Crippen molar-refractivity contribution in [3.05, 3.63) is 70.8 Å².